The van der Waals surface area contributed by atoms with E-state index in [1.54, 1.807) is 0 Å². The summed E-state index contributed by atoms with van der Waals surface area (Å²) in [5.41, 5.74) is 0. The molecule has 1 rings (SSSR count). The molecule has 1 heterocycles. The number of hydrogen-bond acceptors (Lipinski definition) is 2. The summed E-state index contributed by atoms with van der Waals surface area (Å²) in [5, 5.41) is 17.0. The average Bonchev–Trinajstić information content (AvgIpc) is 2.19. The number of amides is 1. The number of carboxylic acid groups (broad SMARTS) is 1. The SMILES string of the molecule is N#CC=CCC1CCN(C(=O)O)CC1. The highest BCUT2D eigenvalue weighted by molar-refractivity contribution is 5.64. The lowest BCUT2D eigenvalue weighted by atomic mass is 9.94. The van der Waals surface area contributed by atoms with Crippen molar-refractivity contribution in [1.29, 1.82) is 5.26 Å². The number of allylic oxidation sites excluding steroid dienone is 2. The molecule has 0 bridgehead atoms. The van der Waals surface area contributed by atoms with Gasteiger partial charge in [-0.2, -0.15) is 5.26 Å². The summed E-state index contributed by atoms with van der Waals surface area (Å²) in [6, 6.07) is 1.95. The Morgan fingerprint density at radius 2 is 2.21 bits per heavy atom. The van der Waals surface area contributed by atoms with Crippen molar-refractivity contribution in [1.82, 2.24) is 4.90 Å². The second-order valence-corrected chi connectivity index (χ2v) is 3.48. The number of rotatable bonds is 2. The van der Waals surface area contributed by atoms with Gasteiger partial charge in [-0.1, -0.05) is 6.08 Å². The first-order chi connectivity index (χ1) is 6.74. The van der Waals surface area contributed by atoms with Crippen LogP contribution in [0.3, 0.4) is 0 Å². The molecule has 0 aromatic heterocycles. The van der Waals surface area contributed by atoms with Crippen molar-refractivity contribution in [2.75, 3.05) is 13.1 Å². The average molecular weight is 194 g/mol. The minimum Gasteiger partial charge on any atom is -0.465 e. The maximum atomic E-state index is 10.6. The zero-order chi connectivity index (χ0) is 10.4. The summed E-state index contributed by atoms with van der Waals surface area (Å²) in [6.07, 6.45) is 5.23. The molecular formula is C10H14N2O2. The van der Waals surface area contributed by atoms with Crippen molar-refractivity contribution in [2.24, 2.45) is 5.92 Å². The van der Waals surface area contributed by atoms with Crippen LogP contribution in [0, 0.1) is 17.2 Å². The summed E-state index contributed by atoms with van der Waals surface area (Å²) in [7, 11) is 0. The normalized spacial score (nSPS) is 18.4. The van der Waals surface area contributed by atoms with Crippen LogP contribution in [-0.4, -0.2) is 29.2 Å². The molecule has 0 saturated carbocycles. The Labute approximate surface area is 83.4 Å². The molecule has 76 valence electrons. The zero-order valence-corrected chi connectivity index (χ0v) is 8.02. The molecule has 1 aliphatic heterocycles. The van der Waals surface area contributed by atoms with Gasteiger partial charge in [-0.25, -0.2) is 4.79 Å². The molecule has 1 aliphatic rings. The van der Waals surface area contributed by atoms with E-state index in [4.69, 9.17) is 10.4 Å². The largest absolute Gasteiger partial charge is 0.465 e. The molecule has 0 spiro atoms. The Morgan fingerprint density at radius 3 is 2.71 bits per heavy atom. The first-order valence-electron chi connectivity index (χ1n) is 4.76. The fourth-order valence-electron chi connectivity index (χ4n) is 1.67. The van der Waals surface area contributed by atoms with Gasteiger partial charge in [0.05, 0.1) is 6.07 Å². The maximum absolute atomic E-state index is 10.6. The number of nitrogens with zero attached hydrogens (tertiary/aromatic N) is 2. The predicted octanol–water partition coefficient (Wildman–Crippen LogP) is 1.85. The third kappa shape index (κ3) is 3.09. The summed E-state index contributed by atoms with van der Waals surface area (Å²) in [5.74, 6) is 0.537. The summed E-state index contributed by atoms with van der Waals surface area (Å²) in [4.78, 5) is 12.0. The van der Waals surface area contributed by atoms with E-state index in [1.165, 1.54) is 11.0 Å². The zero-order valence-electron chi connectivity index (χ0n) is 8.02. The van der Waals surface area contributed by atoms with Crippen LogP contribution in [-0.2, 0) is 0 Å². The van der Waals surface area contributed by atoms with E-state index < -0.39 is 6.09 Å². The molecule has 0 aliphatic carbocycles. The van der Waals surface area contributed by atoms with Crippen LogP contribution in [0.15, 0.2) is 12.2 Å². The summed E-state index contributed by atoms with van der Waals surface area (Å²) < 4.78 is 0. The Balaban J connectivity index is 2.26. The van der Waals surface area contributed by atoms with Gasteiger partial charge < -0.3 is 10.0 Å². The molecule has 0 aromatic rings. The van der Waals surface area contributed by atoms with Gasteiger partial charge in [0.25, 0.3) is 0 Å². The number of likely N-dealkylation sites (tertiary alicyclic amines) is 1. The molecule has 0 unspecified atom stereocenters. The van der Waals surface area contributed by atoms with Gasteiger partial charge in [-0.05, 0) is 25.2 Å². The van der Waals surface area contributed by atoms with Crippen LogP contribution in [0.5, 0.6) is 0 Å². The standard InChI is InChI=1S/C10H14N2O2/c11-6-2-1-3-9-4-7-12(8-5-9)10(13)14/h1-2,9H,3-5,7-8H2,(H,13,14). The highest BCUT2D eigenvalue weighted by Crippen LogP contribution is 2.20. The lowest BCUT2D eigenvalue weighted by molar-refractivity contribution is 0.125. The van der Waals surface area contributed by atoms with E-state index in [2.05, 4.69) is 0 Å². The van der Waals surface area contributed by atoms with E-state index in [9.17, 15) is 4.79 Å². The molecule has 4 nitrogen and oxygen atoms in total. The van der Waals surface area contributed by atoms with Crippen molar-refractivity contribution < 1.29 is 9.90 Å². The Kier molecular flexibility index (Phi) is 3.99. The number of piperidine rings is 1. The van der Waals surface area contributed by atoms with Crippen LogP contribution in [0.25, 0.3) is 0 Å². The predicted molar refractivity (Wildman–Crippen MR) is 51.7 cm³/mol. The van der Waals surface area contributed by atoms with Gasteiger partial charge in [-0.3, -0.25) is 0 Å². The van der Waals surface area contributed by atoms with Crippen molar-refractivity contribution in [3.05, 3.63) is 12.2 Å². The van der Waals surface area contributed by atoms with Gasteiger partial charge in [0.15, 0.2) is 0 Å². The van der Waals surface area contributed by atoms with Crippen LogP contribution in [0.2, 0.25) is 0 Å². The van der Waals surface area contributed by atoms with Crippen LogP contribution < -0.4 is 0 Å². The summed E-state index contributed by atoms with van der Waals surface area (Å²) >= 11 is 0. The van der Waals surface area contributed by atoms with Gasteiger partial charge >= 0.3 is 6.09 Å². The second-order valence-electron chi connectivity index (χ2n) is 3.48. The fraction of sp³-hybridized carbons (Fsp3) is 0.600. The first-order valence-corrected chi connectivity index (χ1v) is 4.76. The van der Waals surface area contributed by atoms with Gasteiger partial charge in [0.2, 0.25) is 0 Å². The molecule has 0 atom stereocenters. The molecule has 4 heteroatoms. The smallest absolute Gasteiger partial charge is 0.407 e. The molecular weight excluding hydrogens is 180 g/mol. The quantitative estimate of drug-likeness (QED) is 0.682. The van der Waals surface area contributed by atoms with E-state index in [1.807, 2.05) is 12.1 Å². The number of hydrogen-bond donors (Lipinski definition) is 1. The van der Waals surface area contributed by atoms with Crippen molar-refractivity contribution in [3.63, 3.8) is 0 Å². The highest BCUT2D eigenvalue weighted by Gasteiger charge is 2.20. The lowest BCUT2D eigenvalue weighted by Crippen LogP contribution is -2.37. The molecule has 1 fully saturated rings. The van der Waals surface area contributed by atoms with E-state index in [0.29, 0.717) is 19.0 Å². The van der Waals surface area contributed by atoms with Gasteiger partial charge in [0, 0.05) is 19.2 Å². The minimum atomic E-state index is -0.823. The maximum Gasteiger partial charge on any atom is 0.407 e. The molecule has 14 heavy (non-hydrogen) atoms. The van der Waals surface area contributed by atoms with Crippen molar-refractivity contribution >= 4 is 6.09 Å². The van der Waals surface area contributed by atoms with E-state index >= 15 is 0 Å². The van der Waals surface area contributed by atoms with Crippen LogP contribution in [0.1, 0.15) is 19.3 Å². The molecule has 1 saturated heterocycles. The molecule has 1 N–H and O–H groups in total. The van der Waals surface area contributed by atoms with E-state index in [0.717, 1.165) is 19.3 Å². The number of nitriles is 1. The monoisotopic (exact) mass is 194 g/mol. The molecule has 0 radical (unpaired) electrons. The van der Waals surface area contributed by atoms with E-state index in [-0.39, 0.29) is 0 Å². The lowest BCUT2D eigenvalue weighted by Gasteiger charge is -2.29. The first kappa shape index (κ1) is 10.6. The third-order valence-corrected chi connectivity index (χ3v) is 2.55. The second kappa shape index (κ2) is 5.28. The minimum absolute atomic E-state index is 0.537. The highest BCUT2D eigenvalue weighted by atomic mass is 16.4. The Hall–Kier alpha value is -1.50. The third-order valence-electron chi connectivity index (χ3n) is 2.55. The molecule has 0 aromatic carbocycles. The topological polar surface area (TPSA) is 64.3 Å². The fourth-order valence-corrected chi connectivity index (χ4v) is 1.67. The van der Waals surface area contributed by atoms with Crippen molar-refractivity contribution in [2.45, 2.75) is 19.3 Å². The van der Waals surface area contributed by atoms with Crippen LogP contribution in [0.4, 0.5) is 4.79 Å². The van der Waals surface area contributed by atoms with Gasteiger partial charge in [-0.15, -0.1) is 0 Å². The Morgan fingerprint density at radius 1 is 1.57 bits per heavy atom. The van der Waals surface area contributed by atoms with Crippen LogP contribution >= 0.6 is 0 Å². The summed E-state index contributed by atoms with van der Waals surface area (Å²) in [6.45, 7) is 1.25. The van der Waals surface area contributed by atoms with Gasteiger partial charge in [0.1, 0.15) is 0 Å². The Bertz CT molecular complexity index is 260. The number of carbonyl (C=O) groups is 1. The molecule has 1 amide bonds. The van der Waals surface area contributed by atoms with Crippen molar-refractivity contribution in [3.8, 4) is 6.07 Å².